The third-order valence-electron chi connectivity index (χ3n) is 6.26. The van der Waals surface area contributed by atoms with Gasteiger partial charge in [-0.05, 0) is 53.3 Å². The molecule has 0 radical (unpaired) electrons. The first-order valence-electron chi connectivity index (χ1n) is 12.2. The summed E-state index contributed by atoms with van der Waals surface area (Å²) in [6, 6.07) is 26.3. The molecule has 0 aromatic heterocycles. The third-order valence-corrected chi connectivity index (χ3v) is 6.26. The van der Waals surface area contributed by atoms with Crippen LogP contribution in [-0.2, 0) is 6.42 Å². The van der Waals surface area contributed by atoms with Gasteiger partial charge in [0.15, 0.2) is 0 Å². The normalized spacial score (nSPS) is 13.2. The lowest BCUT2D eigenvalue weighted by molar-refractivity contribution is 0.634. The van der Waals surface area contributed by atoms with Gasteiger partial charge >= 0.3 is 0 Å². The molecule has 4 rings (SSSR count). The molecule has 1 aliphatic heterocycles. The van der Waals surface area contributed by atoms with Crippen molar-refractivity contribution in [3.8, 4) is 0 Å². The van der Waals surface area contributed by atoms with Crippen LogP contribution in [0.3, 0.4) is 0 Å². The molecule has 1 aliphatic rings. The molecule has 3 aromatic rings. The van der Waals surface area contributed by atoms with E-state index in [0.29, 0.717) is 0 Å². The van der Waals surface area contributed by atoms with Gasteiger partial charge in [0.2, 0.25) is 0 Å². The molecule has 3 nitrogen and oxygen atoms in total. The summed E-state index contributed by atoms with van der Waals surface area (Å²) in [6.45, 7) is 9.52. The summed E-state index contributed by atoms with van der Waals surface area (Å²) in [5.74, 6) is 0. The fraction of sp³-hybridized carbons (Fsp3) is 0.300. The number of para-hydroxylation sites is 1. The Labute approximate surface area is 198 Å². The van der Waals surface area contributed by atoms with E-state index in [1.54, 1.807) is 0 Å². The van der Waals surface area contributed by atoms with Crippen molar-refractivity contribution in [1.29, 1.82) is 0 Å². The Morgan fingerprint density at radius 2 is 1.70 bits per heavy atom. The van der Waals surface area contributed by atoms with Crippen molar-refractivity contribution in [2.75, 3.05) is 11.9 Å². The van der Waals surface area contributed by atoms with Crippen LogP contribution in [0.4, 0.5) is 11.4 Å². The van der Waals surface area contributed by atoms with E-state index in [-0.39, 0.29) is 6.04 Å². The molecule has 0 aliphatic carbocycles. The summed E-state index contributed by atoms with van der Waals surface area (Å²) in [7, 11) is 0. The maximum absolute atomic E-state index is 4.84. The smallest absolute Gasteiger partial charge is 0.0669 e. The van der Waals surface area contributed by atoms with E-state index >= 15 is 0 Å². The molecule has 3 aromatic carbocycles. The minimum atomic E-state index is 0.286. The Hall–Kier alpha value is -3.33. The van der Waals surface area contributed by atoms with Gasteiger partial charge in [0.05, 0.1) is 17.4 Å². The van der Waals surface area contributed by atoms with Crippen LogP contribution < -0.4 is 10.6 Å². The van der Waals surface area contributed by atoms with Crippen LogP contribution in [0, 0.1) is 0 Å². The van der Waals surface area contributed by atoms with Gasteiger partial charge in [-0.3, -0.25) is 4.99 Å². The summed E-state index contributed by atoms with van der Waals surface area (Å²) in [6.07, 6.45) is 5.49. The van der Waals surface area contributed by atoms with Gasteiger partial charge in [-0.25, -0.2) is 0 Å². The highest BCUT2D eigenvalue weighted by Crippen LogP contribution is 2.30. The van der Waals surface area contributed by atoms with Gasteiger partial charge in [-0.2, -0.15) is 0 Å². The Bertz CT molecular complexity index is 1090. The number of nitrogens with zero attached hydrogens (tertiary/aromatic N) is 1. The van der Waals surface area contributed by atoms with Crippen LogP contribution in [0.15, 0.2) is 84.4 Å². The summed E-state index contributed by atoms with van der Waals surface area (Å²) in [5.41, 5.74) is 9.38. The van der Waals surface area contributed by atoms with Crippen molar-refractivity contribution < 1.29 is 0 Å². The zero-order valence-corrected chi connectivity index (χ0v) is 19.9. The molecule has 170 valence electrons. The Balaban J connectivity index is 1.46. The topological polar surface area (TPSA) is 36.4 Å². The minimum absolute atomic E-state index is 0.286. The molecule has 0 fully saturated rings. The molecule has 0 amide bonds. The monoisotopic (exact) mass is 437 g/mol. The number of fused-ring (bicyclic) bond motifs is 1. The number of unbranched alkanes of at least 4 members (excludes halogenated alkanes) is 1. The lowest BCUT2D eigenvalue weighted by atomic mass is 9.97. The molecular weight excluding hydrogens is 402 g/mol. The van der Waals surface area contributed by atoms with Gasteiger partial charge < -0.3 is 10.6 Å². The van der Waals surface area contributed by atoms with E-state index in [0.717, 1.165) is 54.2 Å². The third kappa shape index (κ3) is 5.73. The van der Waals surface area contributed by atoms with Crippen LogP contribution >= 0.6 is 0 Å². The zero-order chi connectivity index (χ0) is 23.0. The largest absolute Gasteiger partial charge is 0.385 e. The van der Waals surface area contributed by atoms with Crippen molar-refractivity contribution >= 4 is 22.8 Å². The van der Waals surface area contributed by atoms with E-state index in [1.165, 1.54) is 29.5 Å². The van der Waals surface area contributed by atoms with E-state index in [9.17, 15) is 0 Å². The fourth-order valence-electron chi connectivity index (χ4n) is 4.29. The van der Waals surface area contributed by atoms with E-state index in [1.807, 2.05) is 0 Å². The summed E-state index contributed by atoms with van der Waals surface area (Å²) in [4.78, 5) is 4.84. The molecule has 0 spiro atoms. The average molecular weight is 438 g/mol. The van der Waals surface area contributed by atoms with Crippen molar-refractivity contribution in [3.05, 3.63) is 102 Å². The average Bonchev–Trinajstić information content (AvgIpc) is 3.30. The minimum Gasteiger partial charge on any atom is -0.385 e. The van der Waals surface area contributed by atoms with Crippen LogP contribution in [0.25, 0.3) is 5.70 Å². The predicted octanol–water partition coefficient (Wildman–Crippen LogP) is 7.68. The molecule has 33 heavy (non-hydrogen) atoms. The summed E-state index contributed by atoms with van der Waals surface area (Å²) >= 11 is 0. The van der Waals surface area contributed by atoms with Crippen molar-refractivity contribution in [2.45, 2.75) is 52.0 Å². The maximum atomic E-state index is 4.84. The van der Waals surface area contributed by atoms with Crippen LogP contribution in [0.5, 0.6) is 0 Å². The van der Waals surface area contributed by atoms with Crippen LogP contribution in [-0.4, -0.2) is 12.3 Å². The highest BCUT2D eigenvalue weighted by atomic mass is 14.9. The van der Waals surface area contributed by atoms with E-state index in [2.05, 4.69) is 104 Å². The Morgan fingerprint density at radius 1 is 0.939 bits per heavy atom. The van der Waals surface area contributed by atoms with Gasteiger partial charge in [0.25, 0.3) is 0 Å². The highest BCUT2D eigenvalue weighted by molar-refractivity contribution is 6.06. The fourth-order valence-corrected chi connectivity index (χ4v) is 4.29. The molecule has 3 heteroatoms. The molecule has 1 heterocycles. The Morgan fingerprint density at radius 3 is 2.39 bits per heavy atom. The molecule has 1 unspecified atom stereocenters. The number of rotatable bonds is 11. The summed E-state index contributed by atoms with van der Waals surface area (Å²) in [5, 5.41) is 7.13. The Kier molecular flexibility index (Phi) is 7.62. The first-order chi connectivity index (χ1) is 16.2. The number of benzene rings is 3. The SMILES string of the molecule is C=C(NCCC)c1ccc(NC(CCCC)c2ccc(C3=Nc4ccccc4C3)cc2)cc1. The van der Waals surface area contributed by atoms with E-state index < -0.39 is 0 Å². The number of nitrogens with one attached hydrogen (secondary N) is 2. The maximum Gasteiger partial charge on any atom is 0.0669 e. The van der Waals surface area contributed by atoms with Crippen LogP contribution in [0.2, 0.25) is 0 Å². The van der Waals surface area contributed by atoms with Gasteiger partial charge in [0, 0.05) is 24.4 Å². The van der Waals surface area contributed by atoms with Crippen LogP contribution in [0.1, 0.15) is 67.8 Å². The predicted molar refractivity (Wildman–Crippen MR) is 142 cm³/mol. The molecule has 2 N–H and O–H groups in total. The second-order valence-electron chi connectivity index (χ2n) is 8.81. The first kappa shape index (κ1) is 22.8. The second-order valence-corrected chi connectivity index (χ2v) is 8.81. The van der Waals surface area contributed by atoms with E-state index in [4.69, 9.17) is 4.99 Å². The number of hydrogen-bond donors (Lipinski definition) is 2. The number of aliphatic imine (C=N–C) groups is 1. The quantitative estimate of drug-likeness (QED) is 0.323. The lowest BCUT2D eigenvalue weighted by Gasteiger charge is -2.21. The lowest BCUT2D eigenvalue weighted by Crippen LogP contribution is -2.13. The molecule has 1 atom stereocenters. The number of anilines is 1. The first-order valence-corrected chi connectivity index (χ1v) is 12.2. The van der Waals surface area contributed by atoms with Gasteiger partial charge in [-0.15, -0.1) is 0 Å². The zero-order valence-electron chi connectivity index (χ0n) is 19.9. The molecular formula is C30H35N3. The molecule has 0 saturated carbocycles. The van der Waals surface area contributed by atoms with Crippen molar-refractivity contribution in [3.63, 3.8) is 0 Å². The summed E-state index contributed by atoms with van der Waals surface area (Å²) < 4.78 is 0. The van der Waals surface area contributed by atoms with Crippen molar-refractivity contribution in [2.24, 2.45) is 4.99 Å². The molecule has 0 saturated heterocycles. The highest BCUT2D eigenvalue weighted by Gasteiger charge is 2.17. The molecule has 0 bridgehead atoms. The second kappa shape index (κ2) is 11.0. The van der Waals surface area contributed by atoms with Gasteiger partial charge in [0.1, 0.15) is 0 Å². The number of hydrogen-bond acceptors (Lipinski definition) is 3. The van der Waals surface area contributed by atoms with Gasteiger partial charge in [-0.1, -0.05) is 87.9 Å². The standard InChI is InChI=1S/C30H35N3/c1-4-6-10-28(32-27-18-16-23(17-19-27)22(3)31-20-5-2)24-12-14-25(15-13-24)30-21-26-9-7-8-11-29(26)33-30/h7-9,11-19,28,31-32H,3-6,10,20-21H2,1-2H3. The van der Waals surface area contributed by atoms with Crippen molar-refractivity contribution in [1.82, 2.24) is 5.32 Å².